The zero-order valence-electron chi connectivity index (χ0n) is 13.5. The molecule has 0 amide bonds. The lowest BCUT2D eigenvalue weighted by atomic mass is 9.98. The maximum Gasteiger partial charge on any atom is 0.120 e. The van der Waals surface area contributed by atoms with Gasteiger partial charge in [0.25, 0.3) is 0 Å². The minimum atomic E-state index is 0.707. The molecular formula is C17H28BrNO2. The molecule has 0 aliphatic heterocycles. The Hall–Kier alpha value is -0.580. The molecule has 0 radical (unpaired) electrons. The van der Waals surface area contributed by atoms with Gasteiger partial charge in [0.05, 0.1) is 13.2 Å². The van der Waals surface area contributed by atoms with Crippen LogP contribution in [0.15, 0.2) is 22.7 Å². The van der Waals surface area contributed by atoms with Gasteiger partial charge < -0.3 is 14.8 Å². The highest BCUT2D eigenvalue weighted by Crippen LogP contribution is 2.25. The minimum absolute atomic E-state index is 0.707. The van der Waals surface area contributed by atoms with Gasteiger partial charge in [-0.05, 0) is 56.3 Å². The van der Waals surface area contributed by atoms with Gasteiger partial charge >= 0.3 is 0 Å². The fourth-order valence-corrected chi connectivity index (χ4v) is 2.74. The third-order valence-electron chi connectivity index (χ3n) is 3.54. The van der Waals surface area contributed by atoms with Gasteiger partial charge in [0.2, 0.25) is 0 Å². The Morgan fingerprint density at radius 2 is 2.05 bits per heavy atom. The molecule has 0 aliphatic rings. The van der Waals surface area contributed by atoms with Gasteiger partial charge in [0, 0.05) is 18.1 Å². The Morgan fingerprint density at radius 3 is 2.71 bits per heavy atom. The van der Waals surface area contributed by atoms with Crippen LogP contribution < -0.4 is 10.1 Å². The lowest BCUT2D eigenvalue weighted by Gasteiger charge is -2.13. The van der Waals surface area contributed by atoms with Crippen molar-refractivity contribution in [3.05, 3.63) is 28.2 Å². The first kappa shape index (κ1) is 18.5. The Labute approximate surface area is 137 Å². The van der Waals surface area contributed by atoms with Crippen LogP contribution in [0.25, 0.3) is 0 Å². The van der Waals surface area contributed by atoms with E-state index in [0.29, 0.717) is 6.61 Å². The summed E-state index contributed by atoms with van der Waals surface area (Å²) in [6.45, 7) is 7.82. The summed E-state index contributed by atoms with van der Waals surface area (Å²) in [7, 11) is 1.74. The predicted octanol–water partition coefficient (Wildman–Crippen LogP) is 4.04. The van der Waals surface area contributed by atoms with Gasteiger partial charge in [-0.1, -0.05) is 28.9 Å². The molecule has 0 saturated carbocycles. The number of methoxy groups -OCH3 is 1. The quantitative estimate of drug-likeness (QED) is 0.606. The van der Waals surface area contributed by atoms with Gasteiger partial charge in [0.1, 0.15) is 5.75 Å². The van der Waals surface area contributed by atoms with Crippen molar-refractivity contribution >= 4 is 15.9 Å². The van der Waals surface area contributed by atoms with E-state index in [9.17, 15) is 0 Å². The number of ether oxygens (including phenoxy) is 2. The first-order chi connectivity index (χ1) is 10.2. The summed E-state index contributed by atoms with van der Waals surface area (Å²) < 4.78 is 11.7. The number of hydrogen-bond acceptors (Lipinski definition) is 3. The van der Waals surface area contributed by atoms with Crippen molar-refractivity contribution < 1.29 is 9.47 Å². The average Bonchev–Trinajstić information content (AvgIpc) is 2.46. The van der Waals surface area contributed by atoms with Crippen molar-refractivity contribution in [2.75, 3.05) is 33.4 Å². The van der Waals surface area contributed by atoms with E-state index < -0.39 is 0 Å². The molecule has 1 aromatic rings. The second kappa shape index (κ2) is 11.0. The van der Waals surface area contributed by atoms with Crippen LogP contribution >= 0.6 is 15.9 Å². The molecule has 0 saturated heterocycles. The highest BCUT2D eigenvalue weighted by Gasteiger charge is 2.06. The maximum atomic E-state index is 5.50. The van der Waals surface area contributed by atoms with Gasteiger partial charge in [0.15, 0.2) is 0 Å². The predicted molar refractivity (Wildman–Crippen MR) is 92.2 cm³/mol. The van der Waals surface area contributed by atoms with Crippen LogP contribution in [0.5, 0.6) is 5.75 Å². The molecule has 0 fully saturated rings. The summed E-state index contributed by atoms with van der Waals surface area (Å²) >= 11 is 3.64. The first-order valence-corrected chi connectivity index (χ1v) is 8.57. The second-order valence-electron chi connectivity index (χ2n) is 5.36. The summed E-state index contributed by atoms with van der Waals surface area (Å²) in [5.41, 5.74) is 1.36. The van der Waals surface area contributed by atoms with Crippen molar-refractivity contribution in [2.45, 2.75) is 33.1 Å². The topological polar surface area (TPSA) is 30.5 Å². The number of aryl methyl sites for hydroxylation is 1. The zero-order chi connectivity index (χ0) is 15.5. The van der Waals surface area contributed by atoms with Crippen molar-refractivity contribution in [1.29, 1.82) is 0 Å². The maximum absolute atomic E-state index is 5.50. The third-order valence-corrected chi connectivity index (χ3v) is 4.28. The average molecular weight is 358 g/mol. The summed E-state index contributed by atoms with van der Waals surface area (Å²) in [6.07, 6.45) is 3.52. The molecule has 0 bridgehead atoms. The molecule has 1 aromatic carbocycles. The van der Waals surface area contributed by atoms with Crippen LogP contribution in [0.1, 0.15) is 32.3 Å². The molecule has 1 unspecified atom stereocenters. The number of nitrogens with one attached hydrogen (secondary N) is 1. The molecular weight excluding hydrogens is 330 g/mol. The molecule has 3 nitrogen and oxygen atoms in total. The Bertz CT molecular complexity index is 398. The summed E-state index contributed by atoms with van der Waals surface area (Å²) in [4.78, 5) is 0. The third kappa shape index (κ3) is 7.84. The van der Waals surface area contributed by atoms with Gasteiger partial charge in [-0.3, -0.25) is 0 Å². The molecule has 120 valence electrons. The summed E-state index contributed by atoms with van der Waals surface area (Å²) in [6, 6.07) is 6.29. The van der Waals surface area contributed by atoms with E-state index in [1.165, 1.54) is 18.4 Å². The van der Waals surface area contributed by atoms with Gasteiger partial charge in [-0.2, -0.15) is 0 Å². The molecule has 0 spiro atoms. The van der Waals surface area contributed by atoms with Gasteiger partial charge in [-0.15, -0.1) is 0 Å². The number of benzene rings is 1. The monoisotopic (exact) mass is 357 g/mol. The number of hydrogen-bond donors (Lipinski definition) is 1. The van der Waals surface area contributed by atoms with Crippen molar-refractivity contribution in [3.8, 4) is 5.75 Å². The number of halogens is 1. The van der Waals surface area contributed by atoms with E-state index in [2.05, 4.69) is 46.4 Å². The van der Waals surface area contributed by atoms with Crippen molar-refractivity contribution in [1.82, 2.24) is 5.32 Å². The van der Waals surface area contributed by atoms with E-state index in [4.69, 9.17) is 9.47 Å². The standard InChI is InChI=1S/C17H28BrNO2/c1-4-21-16-8-7-15(17(18)13-16)6-5-14(2)9-10-19-11-12-20-3/h7-8,13-14,19H,4-6,9-12H2,1-3H3. The van der Waals surface area contributed by atoms with Gasteiger partial charge in [-0.25, -0.2) is 0 Å². The summed E-state index contributed by atoms with van der Waals surface area (Å²) in [5.74, 6) is 1.65. The van der Waals surface area contributed by atoms with Crippen LogP contribution in [0.2, 0.25) is 0 Å². The molecule has 1 atom stereocenters. The van der Waals surface area contributed by atoms with E-state index in [1.807, 2.05) is 6.92 Å². The van der Waals surface area contributed by atoms with Crippen LogP contribution in [-0.4, -0.2) is 33.4 Å². The normalized spacial score (nSPS) is 12.4. The van der Waals surface area contributed by atoms with Crippen LogP contribution in [-0.2, 0) is 11.2 Å². The molecule has 1 N–H and O–H groups in total. The van der Waals surface area contributed by atoms with Crippen LogP contribution in [0.3, 0.4) is 0 Å². The fourth-order valence-electron chi connectivity index (χ4n) is 2.18. The molecule has 0 aliphatic carbocycles. The van der Waals surface area contributed by atoms with E-state index in [-0.39, 0.29) is 0 Å². The molecule has 21 heavy (non-hydrogen) atoms. The Kier molecular flexibility index (Phi) is 9.72. The fraction of sp³-hybridized carbons (Fsp3) is 0.647. The zero-order valence-corrected chi connectivity index (χ0v) is 15.0. The van der Waals surface area contributed by atoms with Crippen molar-refractivity contribution in [2.24, 2.45) is 5.92 Å². The number of rotatable bonds is 11. The second-order valence-corrected chi connectivity index (χ2v) is 6.22. The highest BCUT2D eigenvalue weighted by atomic mass is 79.9. The lowest BCUT2D eigenvalue weighted by Crippen LogP contribution is -2.21. The van der Waals surface area contributed by atoms with Crippen LogP contribution in [0.4, 0.5) is 0 Å². The molecule has 0 heterocycles. The van der Waals surface area contributed by atoms with E-state index in [1.54, 1.807) is 7.11 Å². The summed E-state index contributed by atoms with van der Waals surface area (Å²) in [5, 5.41) is 3.40. The molecule has 1 rings (SSSR count). The van der Waals surface area contributed by atoms with E-state index in [0.717, 1.165) is 42.3 Å². The molecule has 0 aromatic heterocycles. The van der Waals surface area contributed by atoms with Crippen molar-refractivity contribution in [3.63, 3.8) is 0 Å². The smallest absolute Gasteiger partial charge is 0.120 e. The highest BCUT2D eigenvalue weighted by molar-refractivity contribution is 9.10. The first-order valence-electron chi connectivity index (χ1n) is 7.78. The van der Waals surface area contributed by atoms with E-state index >= 15 is 0 Å². The lowest BCUT2D eigenvalue weighted by molar-refractivity contribution is 0.199. The Balaban J connectivity index is 2.27. The molecule has 4 heteroatoms. The SMILES string of the molecule is CCOc1ccc(CCC(C)CCNCCOC)c(Br)c1. The Morgan fingerprint density at radius 1 is 1.24 bits per heavy atom. The minimum Gasteiger partial charge on any atom is -0.494 e. The van der Waals surface area contributed by atoms with Crippen LogP contribution in [0, 0.1) is 5.92 Å². The largest absolute Gasteiger partial charge is 0.494 e.